The first-order valence-electron chi connectivity index (χ1n) is 7.77. The lowest BCUT2D eigenvalue weighted by atomic mass is 10.0. The third-order valence-electron chi connectivity index (χ3n) is 3.83. The number of nitrogens with one attached hydrogen (secondary N) is 1. The second-order valence-electron chi connectivity index (χ2n) is 5.67. The summed E-state index contributed by atoms with van der Waals surface area (Å²) in [6.07, 6.45) is 1.95. The van der Waals surface area contributed by atoms with E-state index in [0.717, 1.165) is 21.3 Å². The van der Waals surface area contributed by atoms with Crippen molar-refractivity contribution >= 4 is 33.5 Å². The first-order valence-corrected chi connectivity index (χ1v) is 8.56. The zero-order chi connectivity index (χ0) is 18.0. The van der Waals surface area contributed by atoms with Crippen molar-refractivity contribution in [2.45, 2.75) is 19.9 Å². The maximum absolute atomic E-state index is 12.1. The van der Waals surface area contributed by atoms with E-state index in [1.807, 2.05) is 42.5 Å². The molecule has 2 aromatic rings. The van der Waals surface area contributed by atoms with Crippen LogP contribution in [-0.2, 0) is 9.59 Å². The van der Waals surface area contributed by atoms with Gasteiger partial charge in [0.15, 0.2) is 0 Å². The highest BCUT2D eigenvalue weighted by molar-refractivity contribution is 9.10. The van der Waals surface area contributed by atoms with E-state index in [1.54, 1.807) is 17.1 Å². The van der Waals surface area contributed by atoms with Gasteiger partial charge < -0.3 is 4.74 Å². The molecule has 0 aromatic heterocycles. The largest absolute Gasteiger partial charge is 0.426 e. The number of carbonyl (C=O) groups is 2. The molecule has 128 valence electrons. The van der Waals surface area contributed by atoms with Gasteiger partial charge in [0.05, 0.1) is 11.7 Å². The van der Waals surface area contributed by atoms with Crippen LogP contribution < -0.4 is 10.2 Å². The molecular formula is C19H17BrN2O3. The van der Waals surface area contributed by atoms with Crippen molar-refractivity contribution < 1.29 is 14.3 Å². The molecule has 0 fully saturated rings. The standard InChI is InChI=1S/C19H17BrN2O3/c1-12(23)22-18(14-7-9-15(20)10-8-14)11-17(21-22)16-5-3-4-6-19(16)25-13(2)24/h3-11,18,21H,1-2H3. The minimum Gasteiger partial charge on any atom is -0.426 e. The van der Waals surface area contributed by atoms with Crippen LogP contribution in [0.3, 0.4) is 0 Å². The minimum absolute atomic E-state index is 0.107. The number of hydrazine groups is 1. The highest BCUT2D eigenvalue weighted by Gasteiger charge is 2.29. The number of nitrogens with zero attached hydrogens (tertiary/aromatic N) is 1. The summed E-state index contributed by atoms with van der Waals surface area (Å²) < 4.78 is 6.25. The van der Waals surface area contributed by atoms with Crippen LogP contribution in [0.15, 0.2) is 59.1 Å². The molecule has 3 rings (SSSR count). The van der Waals surface area contributed by atoms with E-state index in [9.17, 15) is 9.59 Å². The number of hydrogen-bond acceptors (Lipinski definition) is 4. The van der Waals surface area contributed by atoms with Crippen LogP contribution in [0.2, 0.25) is 0 Å². The predicted octanol–water partition coefficient (Wildman–Crippen LogP) is 3.82. The fourth-order valence-electron chi connectivity index (χ4n) is 2.73. The molecule has 25 heavy (non-hydrogen) atoms. The summed E-state index contributed by atoms with van der Waals surface area (Å²) in [5.41, 5.74) is 5.55. The number of esters is 1. The molecule has 0 aliphatic carbocycles. The van der Waals surface area contributed by atoms with Gasteiger partial charge in [0.25, 0.3) is 0 Å². The summed E-state index contributed by atoms with van der Waals surface area (Å²) in [7, 11) is 0. The van der Waals surface area contributed by atoms with E-state index in [2.05, 4.69) is 21.4 Å². The maximum atomic E-state index is 12.1. The number of carbonyl (C=O) groups excluding carboxylic acids is 2. The van der Waals surface area contributed by atoms with Crippen LogP contribution in [0.1, 0.15) is 31.0 Å². The average Bonchev–Trinajstić information content (AvgIpc) is 3.01. The van der Waals surface area contributed by atoms with Crippen molar-refractivity contribution in [3.63, 3.8) is 0 Å². The van der Waals surface area contributed by atoms with Crippen LogP contribution in [0.4, 0.5) is 0 Å². The van der Waals surface area contributed by atoms with Gasteiger partial charge in [0.2, 0.25) is 5.91 Å². The Balaban J connectivity index is 2.00. The number of benzene rings is 2. The molecule has 1 aliphatic rings. The summed E-state index contributed by atoms with van der Waals surface area (Å²) in [6.45, 7) is 2.87. The Bertz CT molecular complexity index is 846. The smallest absolute Gasteiger partial charge is 0.308 e. The quantitative estimate of drug-likeness (QED) is 0.628. The Morgan fingerprint density at radius 2 is 1.76 bits per heavy atom. The first kappa shape index (κ1) is 17.2. The molecular weight excluding hydrogens is 384 g/mol. The Morgan fingerprint density at radius 1 is 1.08 bits per heavy atom. The zero-order valence-corrected chi connectivity index (χ0v) is 15.4. The molecule has 0 radical (unpaired) electrons. The number of rotatable bonds is 3. The highest BCUT2D eigenvalue weighted by Crippen LogP contribution is 2.35. The van der Waals surface area contributed by atoms with E-state index in [-0.39, 0.29) is 17.9 Å². The molecule has 1 aliphatic heterocycles. The summed E-state index contributed by atoms with van der Waals surface area (Å²) in [5.74, 6) is -0.0447. The summed E-state index contributed by atoms with van der Waals surface area (Å²) in [5, 5.41) is 1.56. The zero-order valence-electron chi connectivity index (χ0n) is 13.8. The van der Waals surface area contributed by atoms with Crippen LogP contribution in [-0.4, -0.2) is 16.9 Å². The van der Waals surface area contributed by atoms with E-state index >= 15 is 0 Å². The van der Waals surface area contributed by atoms with Crippen LogP contribution in [0.5, 0.6) is 5.75 Å². The minimum atomic E-state index is -0.390. The Kier molecular flexibility index (Phi) is 4.90. The van der Waals surface area contributed by atoms with Crippen molar-refractivity contribution in [3.05, 3.63) is 70.2 Å². The normalized spacial score (nSPS) is 16.2. The Morgan fingerprint density at radius 3 is 2.40 bits per heavy atom. The third kappa shape index (κ3) is 3.74. The van der Waals surface area contributed by atoms with Crippen molar-refractivity contribution in [1.82, 2.24) is 10.4 Å². The van der Waals surface area contributed by atoms with E-state index in [4.69, 9.17) is 4.74 Å². The molecule has 1 atom stereocenters. The lowest BCUT2D eigenvalue weighted by molar-refractivity contribution is -0.133. The van der Waals surface area contributed by atoms with Gasteiger partial charge in [-0.3, -0.25) is 15.0 Å². The summed E-state index contributed by atoms with van der Waals surface area (Å²) >= 11 is 3.42. The molecule has 0 spiro atoms. The van der Waals surface area contributed by atoms with Gasteiger partial charge in [0, 0.05) is 23.9 Å². The molecule has 6 heteroatoms. The number of amides is 1. The van der Waals surface area contributed by atoms with Gasteiger partial charge in [-0.2, -0.15) is 0 Å². The van der Waals surface area contributed by atoms with Crippen molar-refractivity contribution in [1.29, 1.82) is 0 Å². The fourth-order valence-corrected chi connectivity index (χ4v) is 3.00. The molecule has 1 N–H and O–H groups in total. The SMILES string of the molecule is CC(=O)Oc1ccccc1C1=CC(c2ccc(Br)cc2)N(C(C)=O)N1. The summed E-state index contributed by atoms with van der Waals surface area (Å²) in [6, 6.07) is 14.8. The van der Waals surface area contributed by atoms with Crippen LogP contribution in [0, 0.1) is 0 Å². The van der Waals surface area contributed by atoms with Crippen molar-refractivity contribution in [2.24, 2.45) is 0 Å². The van der Waals surface area contributed by atoms with Gasteiger partial charge in [-0.05, 0) is 35.9 Å². The number of ether oxygens (including phenoxy) is 1. The maximum Gasteiger partial charge on any atom is 0.308 e. The fraction of sp³-hybridized carbons (Fsp3) is 0.158. The van der Waals surface area contributed by atoms with E-state index in [1.165, 1.54) is 13.8 Å². The van der Waals surface area contributed by atoms with E-state index in [0.29, 0.717) is 5.75 Å². The molecule has 2 aromatic carbocycles. The molecule has 0 saturated carbocycles. The highest BCUT2D eigenvalue weighted by atomic mass is 79.9. The number of halogens is 1. The molecule has 1 unspecified atom stereocenters. The summed E-state index contributed by atoms with van der Waals surface area (Å²) in [4.78, 5) is 23.4. The number of para-hydroxylation sites is 1. The second-order valence-corrected chi connectivity index (χ2v) is 6.58. The van der Waals surface area contributed by atoms with Gasteiger partial charge >= 0.3 is 5.97 Å². The van der Waals surface area contributed by atoms with Crippen molar-refractivity contribution in [2.75, 3.05) is 0 Å². The number of hydrogen-bond donors (Lipinski definition) is 1. The monoisotopic (exact) mass is 400 g/mol. The molecule has 5 nitrogen and oxygen atoms in total. The van der Waals surface area contributed by atoms with Crippen molar-refractivity contribution in [3.8, 4) is 5.75 Å². The van der Waals surface area contributed by atoms with Crippen LogP contribution >= 0.6 is 15.9 Å². The topological polar surface area (TPSA) is 58.6 Å². The Labute approximate surface area is 154 Å². The lowest BCUT2D eigenvalue weighted by Crippen LogP contribution is -2.37. The molecule has 0 bridgehead atoms. The molecule has 1 amide bonds. The first-order chi connectivity index (χ1) is 12.0. The Hall–Kier alpha value is -2.60. The van der Waals surface area contributed by atoms with Gasteiger partial charge in [-0.25, -0.2) is 5.01 Å². The van der Waals surface area contributed by atoms with Gasteiger partial charge in [-0.15, -0.1) is 0 Å². The third-order valence-corrected chi connectivity index (χ3v) is 4.35. The molecule has 1 heterocycles. The lowest BCUT2D eigenvalue weighted by Gasteiger charge is -2.24. The van der Waals surface area contributed by atoms with E-state index < -0.39 is 0 Å². The second kappa shape index (κ2) is 7.11. The molecule has 0 saturated heterocycles. The average molecular weight is 401 g/mol. The van der Waals surface area contributed by atoms with Crippen LogP contribution in [0.25, 0.3) is 5.70 Å². The van der Waals surface area contributed by atoms with Gasteiger partial charge in [0.1, 0.15) is 5.75 Å². The van der Waals surface area contributed by atoms with Gasteiger partial charge in [-0.1, -0.05) is 40.2 Å². The predicted molar refractivity (Wildman–Crippen MR) is 98.3 cm³/mol.